The van der Waals surface area contributed by atoms with Crippen LogP contribution in [0.15, 0.2) is 48.5 Å². The van der Waals surface area contributed by atoms with Crippen molar-refractivity contribution in [2.75, 3.05) is 44.2 Å². The SMILES string of the molecule is CCCC(=O)N1CCCN(Cc2ccccc2)CCN(C(=O)CC2CCN(C(C)=O)CC2)Cc2ccc(Cl)cc21. The molecule has 8 heteroatoms. The standard InChI is InChI=1S/C32H43ClN4O3/c1-3-8-31(39)37-16-7-15-34(23-27-9-5-4-6-10-27)19-20-36(24-28-11-12-29(33)22-30(28)37)32(40)21-26-13-17-35(18-14-26)25(2)38/h4-6,9-12,22,26H,3,7-8,13-21,23-24H2,1-2H3. The molecule has 4 rings (SSSR count). The van der Waals surface area contributed by atoms with Gasteiger partial charge in [-0.25, -0.2) is 0 Å². The Morgan fingerprint density at radius 3 is 2.33 bits per heavy atom. The molecule has 0 bridgehead atoms. The van der Waals surface area contributed by atoms with Gasteiger partial charge >= 0.3 is 0 Å². The predicted molar refractivity (Wildman–Crippen MR) is 160 cm³/mol. The van der Waals surface area contributed by atoms with Crippen LogP contribution < -0.4 is 4.90 Å². The molecule has 1 saturated heterocycles. The van der Waals surface area contributed by atoms with Gasteiger partial charge in [-0.05, 0) is 54.9 Å². The Morgan fingerprint density at radius 2 is 1.62 bits per heavy atom. The highest BCUT2D eigenvalue weighted by molar-refractivity contribution is 6.31. The van der Waals surface area contributed by atoms with E-state index < -0.39 is 0 Å². The smallest absolute Gasteiger partial charge is 0.226 e. The Morgan fingerprint density at radius 1 is 0.875 bits per heavy atom. The molecule has 2 aromatic rings. The fourth-order valence-corrected chi connectivity index (χ4v) is 5.97. The zero-order valence-electron chi connectivity index (χ0n) is 24.0. The molecule has 2 aromatic carbocycles. The van der Waals surface area contributed by atoms with Crippen molar-refractivity contribution in [2.45, 2.75) is 65.5 Å². The molecule has 0 saturated carbocycles. The van der Waals surface area contributed by atoms with Crippen LogP contribution in [-0.2, 0) is 27.5 Å². The molecular formula is C32H43ClN4O3. The number of fused-ring (bicyclic) bond motifs is 1. The minimum absolute atomic E-state index is 0.0926. The van der Waals surface area contributed by atoms with Gasteiger partial charge in [-0.15, -0.1) is 0 Å². The number of rotatable bonds is 6. The molecule has 0 unspecified atom stereocenters. The third-order valence-electron chi connectivity index (χ3n) is 8.13. The summed E-state index contributed by atoms with van der Waals surface area (Å²) in [5.41, 5.74) is 3.00. The molecule has 2 heterocycles. The second kappa shape index (κ2) is 14.6. The lowest BCUT2D eigenvalue weighted by molar-refractivity contribution is -0.134. The maximum absolute atomic E-state index is 13.8. The van der Waals surface area contributed by atoms with Gasteiger partial charge < -0.3 is 14.7 Å². The Bertz CT molecular complexity index is 1150. The monoisotopic (exact) mass is 566 g/mol. The number of carbonyl (C=O) groups is 3. The summed E-state index contributed by atoms with van der Waals surface area (Å²) >= 11 is 6.44. The predicted octanol–water partition coefficient (Wildman–Crippen LogP) is 5.36. The average Bonchev–Trinajstić information content (AvgIpc) is 2.97. The van der Waals surface area contributed by atoms with Crippen LogP contribution in [0.1, 0.15) is 63.5 Å². The Hall–Kier alpha value is -2.90. The highest BCUT2D eigenvalue weighted by atomic mass is 35.5. The summed E-state index contributed by atoms with van der Waals surface area (Å²) < 4.78 is 0. The van der Waals surface area contributed by atoms with Crippen molar-refractivity contribution in [1.29, 1.82) is 0 Å². The van der Waals surface area contributed by atoms with E-state index in [0.717, 1.165) is 56.6 Å². The van der Waals surface area contributed by atoms with Crippen molar-refractivity contribution in [2.24, 2.45) is 5.92 Å². The Labute approximate surface area is 244 Å². The van der Waals surface area contributed by atoms with Gasteiger partial charge in [-0.2, -0.15) is 0 Å². The summed E-state index contributed by atoms with van der Waals surface area (Å²) in [7, 11) is 0. The van der Waals surface area contributed by atoms with E-state index in [1.807, 2.05) is 45.9 Å². The molecule has 1 fully saturated rings. The lowest BCUT2D eigenvalue weighted by Crippen LogP contribution is -2.41. The fraction of sp³-hybridized carbons (Fsp3) is 0.531. The summed E-state index contributed by atoms with van der Waals surface area (Å²) in [6, 6.07) is 16.1. The van der Waals surface area contributed by atoms with Gasteiger partial charge in [0.2, 0.25) is 17.7 Å². The quantitative estimate of drug-likeness (QED) is 0.472. The van der Waals surface area contributed by atoms with Crippen molar-refractivity contribution in [3.8, 4) is 0 Å². The van der Waals surface area contributed by atoms with Gasteiger partial charge in [0.1, 0.15) is 0 Å². The number of anilines is 1. The molecule has 0 aromatic heterocycles. The molecule has 3 amide bonds. The minimum Gasteiger partial charge on any atom is -0.343 e. The van der Waals surface area contributed by atoms with Crippen molar-refractivity contribution < 1.29 is 14.4 Å². The number of carbonyl (C=O) groups excluding carboxylic acids is 3. The molecule has 0 N–H and O–H groups in total. The summed E-state index contributed by atoms with van der Waals surface area (Å²) in [5.74, 6) is 0.601. The van der Waals surface area contributed by atoms with Gasteiger partial charge in [0.25, 0.3) is 0 Å². The molecule has 40 heavy (non-hydrogen) atoms. The zero-order chi connectivity index (χ0) is 28.5. The van der Waals surface area contributed by atoms with Crippen LogP contribution >= 0.6 is 11.6 Å². The van der Waals surface area contributed by atoms with Crippen molar-refractivity contribution in [3.05, 3.63) is 64.7 Å². The second-order valence-electron chi connectivity index (χ2n) is 11.2. The van der Waals surface area contributed by atoms with Crippen molar-refractivity contribution >= 4 is 35.0 Å². The molecule has 0 atom stereocenters. The van der Waals surface area contributed by atoms with Crippen molar-refractivity contribution in [1.82, 2.24) is 14.7 Å². The number of hydrogen-bond donors (Lipinski definition) is 0. The fourth-order valence-electron chi connectivity index (χ4n) is 5.80. The number of piperidine rings is 1. The molecule has 2 aliphatic heterocycles. The van der Waals surface area contributed by atoms with Crippen LogP contribution in [-0.4, -0.2) is 71.7 Å². The van der Waals surface area contributed by atoms with Gasteiger partial charge in [0, 0.05) is 77.1 Å². The summed E-state index contributed by atoms with van der Waals surface area (Å²) in [6.45, 7) is 9.11. The zero-order valence-corrected chi connectivity index (χ0v) is 24.7. The van der Waals surface area contributed by atoms with Crippen LogP contribution in [0, 0.1) is 5.92 Å². The van der Waals surface area contributed by atoms with E-state index in [1.165, 1.54) is 5.56 Å². The van der Waals surface area contributed by atoms with E-state index in [2.05, 4.69) is 29.2 Å². The molecular weight excluding hydrogens is 524 g/mol. The number of hydrogen-bond acceptors (Lipinski definition) is 4. The summed E-state index contributed by atoms with van der Waals surface area (Å²) in [4.78, 5) is 47.0. The van der Waals surface area contributed by atoms with E-state index >= 15 is 0 Å². The third-order valence-corrected chi connectivity index (χ3v) is 8.37. The number of benzene rings is 2. The van der Waals surface area contributed by atoms with E-state index in [1.54, 1.807) is 6.92 Å². The molecule has 2 aliphatic rings. The molecule has 0 aliphatic carbocycles. The van der Waals surface area contributed by atoms with E-state index in [4.69, 9.17) is 11.6 Å². The summed E-state index contributed by atoms with van der Waals surface area (Å²) in [5, 5.41) is 0.587. The van der Waals surface area contributed by atoms with Crippen LogP contribution in [0.4, 0.5) is 5.69 Å². The average molecular weight is 567 g/mol. The highest BCUT2D eigenvalue weighted by Gasteiger charge is 2.27. The van der Waals surface area contributed by atoms with E-state index in [9.17, 15) is 14.4 Å². The Balaban J connectivity index is 1.58. The first-order valence-electron chi connectivity index (χ1n) is 14.7. The van der Waals surface area contributed by atoms with Crippen LogP contribution in [0.25, 0.3) is 0 Å². The first-order valence-corrected chi connectivity index (χ1v) is 15.1. The summed E-state index contributed by atoms with van der Waals surface area (Å²) in [6.07, 6.45) is 4.26. The molecule has 0 spiro atoms. The van der Waals surface area contributed by atoms with Crippen LogP contribution in [0.5, 0.6) is 0 Å². The number of nitrogens with zero attached hydrogens (tertiary/aromatic N) is 4. The molecule has 7 nitrogen and oxygen atoms in total. The largest absolute Gasteiger partial charge is 0.343 e. The first-order chi connectivity index (χ1) is 19.3. The maximum Gasteiger partial charge on any atom is 0.226 e. The van der Waals surface area contributed by atoms with Gasteiger partial charge in [-0.3, -0.25) is 19.3 Å². The van der Waals surface area contributed by atoms with Gasteiger partial charge in [0.05, 0.1) is 5.69 Å². The number of amides is 3. The van der Waals surface area contributed by atoms with E-state index in [0.29, 0.717) is 50.6 Å². The number of likely N-dealkylation sites (tertiary alicyclic amines) is 1. The number of halogens is 1. The maximum atomic E-state index is 13.8. The van der Waals surface area contributed by atoms with Crippen LogP contribution in [0.3, 0.4) is 0 Å². The third kappa shape index (κ3) is 8.31. The highest BCUT2D eigenvalue weighted by Crippen LogP contribution is 2.29. The van der Waals surface area contributed by atoms with Gasteiger partial charge in [0.15, 0.2) is 0 Å². The van der Waals surface area contributed by atoms with Gasteiger partial charge in [-0.1, -0.05) is 54.9 Å². The Kier molecular flexibility index (Phi) is 11.0. The second-order valence-corrected chi connectivity index (χ2v) is 11.6. The first kappa shape index (κ1) is 30.1. The lowest BCUT2D eigenvalue weighted by atomic mass is 9.93. The molecule has 0 radical (unpaired) electrons. The molecule has 216 valence electrons. The normalized spacial score (nSPS) is 17.7. The topological polar surface area (TPSA) is 64.2 Å². The van der Waals surface area contributed by atoms with Crippen LogP contribution in [0.2, 0.25) is 5.02 Å². The van der Waals surface area contributed by atoms with Crippen molar-refractivity contribution in [3.63, 3.8) is 0 Å². The van der Waals surface area contributed by atoms with E-state index in [-0.39, 0.29) is 23.6 Å². The minimum atomic E-state index is 0.0926. The lowest BCUT2D eigenvalue weighted by Gasteiger charge is -2.33.